The summed E-state index contributed by atoms with van der Waals surface area (Å²) < 4.78 is 0. The minimum atomic E-state index is -1.06. The van der Waals surface area contributed by atoms with Crippen molar-refractivity contribution in [3.05, 3.63) is 29.6 Å². The first-order chi connectivity index (χ1) is 8.54. The second-order valence-corrected chi connectivity index (χ2v) is 5.00. The number of carbonyl (C=O) groups excluding carboxylic acids is 1. The number of thioether (sulfide) groups is 1. The van der Waals surface area contributed by atoms with E-state index < -0.39 is 12.2 Å². The van der Waals surface area contributed by atoms with E-state index in [1.54, 1.807) is 6.07 Å². The summed E-state index contributed by atoms with van der Waals surface area (Å²) in [5.41, 5.74) is 0.710. The number of nitriles is 1. The van der Waals surface area contributed by atoms with Gasteiger partial charge in [-0.15, -0.1) is 0 Å². The van der Waals surface area contributed by atoms with Gasteiger partial charge in [0.15, 0.2) is 5.12 Å². The minimum absolute atomic E-state index is 0.0169. The molecule has 0 spiro atoms. The van der Waals surface area contributed by atoms with Crippen molar-refractivity contribution in [2.45, 2.75) is 25.6 Å². The van der Waals surface area contributed by atoms with Crippen LogP contribution in [0.3, 0.4) is 0 Å². The summed E-state index contributed by atoms with van der Waals surface area (Å²) in [7, 11) is 0. The maximum absolute atomic E-state index is 10.7. The molecule has 1 aromatic rings. The number of pyridine rings is 1. The predicted octanol–water partition coefficient (Wildman–Crippen LogP) is 1.02. The van der Waals surface area contributed by atoms with Gasteiger partial charge in [0.2, 0.25) is 0 Å². The molecule has 0 aliphatic heterocycles. The minimum Gasteiger partial charge on any atom is -0.390 e. The van der Waals surface area contributed by atoms with Gasteiger partial charge in [-0.3, -0.25) is 4.79 Å². The second-order valence-electron chi connectivity index (χ2n) is 3.73. The number of hydrogen-bond acceptors (Lipinski definition) is 6. The first-order valence-electron chi connectivity index (χ1n) is 5.40. The van der Waals surface area contributed by atoms with Crippen molar-refractivity contribution in [2.24, 2.45) is 0 Å². The van der Waals surface area contributed by atoms with Crippen molar-refractivity contribution in [1.82, 2.24) is 4.98 Å². The average Bonchev–Trinajstić information content (AvgIpc) is 2.37. The summed E-state index contributed by atoms with van der Waals surface area (Å²) in [6, 6.07) is 4.91. The Bertz CT molecular complexity index is 442. The molecule has 0 radical (unpaired) electrons. The number of aliphatic hydroxyl groups excluding tert-OH is 2. The van der Waals surface area contributed by atoms with Gasteiger partial charge in [-0.25, -0.2) is 4.98 Å². The topological polar surface area (TPSA) is 94.2 Å². The van der Waals surface area contributed by atoms with E-state index in [2.05, 4.69) is 4.98 Å². The molecule has 5 nitrogen and oxygen atoms in total. The zero-order valence-electron chi connectivity index (χ0n) is 9.91. The molecule has 0 fully saturated rings. The lowest BCUT2D eigenvalue weighted by Gasteiger charge is -2.17. The van der Waals surface area contributed by atoms with E-state index in [1.807, 2.05) is 6.07 Å². The van der Waals surface area contributed by atoms with Gasteiger partial charge >= 0.3 is 0 Å². The third-order valence-corrected chi connectivity index (χ3v) is 3.17. The highest BCUT2D eigenvalue weighted by atomic mass is 32.2. The Morgan fingerprint density at radius 2 is 2.28 bits per heavy atom. The largest absolute Gasteiger partial charge is 0.390 e. The number of aliphatic hydroxyl groups is 2. The van der Waals surface area contributed by atoms with Crippen LogP contribution in [0.1, 0.15) is 30.7 Å². The molecule has 0 saturated heterocycles. The normalized spacial score (nSPS) is 13.7. The van der Waals surface area contributed by atoms with Crippen LogP contribution in [-0.4, -0.2) is 32.2 Å². The van der Waals surface area contributed by atoms with Crippen molar-refractivity contribution in [2.75, 3.05) is 5.75 Å². The van der Waals surface area contributed by atoms with Crippen LogP contribution in [0.15, 0.2) is 18.3 Å². The highest BCUT2D eigenvalue weighted by Crippen LogP contribution is 2.20. The first kappa shape index (κ1) is 14.6. The van der Waals surface area contributed by atoms with Gasteiger partial charge < -0.3 is 10.2 Å². The smallest absolute Gasteiger partial charge is 0.185 e. The highest BCUT2D eigenvalue weighted by molar-refractivity contribution is 8.13. The van der Waals surface area contributed by atoms with E-state index in [1.165, 1.54) is 19.2 Å². The highest BCUT2D eigenvalue weighted by Gasteiger charge is 2.18. The second kappa shape index (κ2) is 7.11. The number of hydrogen-bond donors (Lipinski definition) is 2. The van der Waals surface area contributed by atoms with Crippen LogP contribution >= 0.6 is 11.8 Å². The van der Waals surface area contributed by atoms with Crippen LogP contribution < -0.4 is 0 Å². The Labute approximate surface area is 109 Å². The fourth-order valence-electron chi connectivity index (χ4n) is 1.35. The van der Waals surface area contributed by atoms with Gasteiger partial charge in [0.25, 0.3) is 0 Å². The Kier molecular flexibility index (Phi) is 5.78. The van der Waals surface area contributed by atoms with E-state index in [0.717, 1.165) is 11.8 Å². The van der Waals surface area contributed by atoms with Crippen LogP contribution in [-0.2, 0) is 4.79 Å². The van der Waals surface area contributed by atoms with E-state index in [-0.39, 0.29) is 10.8 Å². The Hall–Kier alpha value is -1.42. The molecule has 6 heteroatoms. The molecule has 0 saturated carbocycles. The van der Waals surface area contributed by atoms with Gasteiger partial charge in [-0.2, -0.15) is 5.26 Å². The molecule has 0 amide bonds. The Balaban J connectivity index is 2.54. The van der Waals surface area contributed by atoms with Crippen molar-refractivity contribution in [3.63, 3.8) is 0 Å². The lowest BCUT2D eigenvalue weighted by atomic mass is 10.0. The molecule has 1 rings (SSSR count). The van der Waals surface area contributed by atoms with Crippen LogP contribution in [0.4, 0.5) is 0 Å². The van der Waals surface area contributed by atoms with Crippen LogP contribution in [0, 0.1) is 11.3 Å². The lowest BCUT2D eigenvalue weighted by molar-refractivity contribution is -0.109. The predicted molar refractivity (Wildman–Crippen MR) is 67.7 cm³/mol. The summed E-state index contributed by atoms with van der Waals surface area (Å²) in [4.78, 5) is 14.5. The van der Waals surface area contributed by atoms with Crippen LogP contribution in [0.5, 0.6) is 0 Å². The molecule has 96 valence electrons. The van der Waals surface area contributed by atoms with Crippen LogP contribution in [0.25, 0.3) is 0 Å². The van der Waals surface area contributed by atoms with Gasteiger partial charge in [-0.1, -0.05) is 17.8 Å². The van der Waals surface area contributed by atoms with E-state index in [9.17, 15) is 15.0 Å². The molecule has 1 heterocycles. The molecule has 2 N–H and O–H groups in total. The number of rotatable bonds is 5. The number of aromatic nitrogens is 1. The van der Waals surface area contributed by atoms with E-state index in [4.69, 9.17) is 5.26 Å². The monoisotopic (exact) mass is 266 g/mol. The van der Waals surface area contributed by atoms with Crippen LogP contribution in [0.2, 0.25) is 0 Å². The molecule has 0 aliphatic carbocycles. The lowest BCUT2D eigenvalue weighted by Crippen LogP contribution is -2.19. The molecule has 2 unspecified atom stereocenters. The maximum Gasteiger partial charge on any atom is 0.185 e. The first-order valence-corrected chi connectivity index (χ1v) is 6.38. The molecule has 0 aromatic carbocycles. The SMILES string of the molecule is CC(=O)SCCC(O)C(O)c1ccc(C#N)nc1. The fourth-order valence-corrected chi connectivity index (χ4v) is 2.00. The number of nitrogens with zero attached hydrogens (tertiary/aromatic N) is 2. The summed E-state index contributed by atoms with van der Waals surface area (Å²) in [6.07, 6.45) is -0.333. The van der Waals surface area contributed by atoms with E-state index in [0.29, 0.717) is 17.7 Å². The molecular formula is C12H14N2O3S. The molecule has 0 aliphatic rings. The fraction of sp³-hybridized carbons (Fsp3) is 0.417. The standard InChI is InChI=1S/C12H14N2O3S/c1-8(15)18-5-4-11(16)12(17)9-2-3-10(6-13)14-7-9/h2-3,7,11-12,16-17H,4-5H2,1H3. The molecule has 1 aromatic heterocycles. The third-order valence-electron chi connectivity index (χ3n) is 2.33. The molecule has 0 bridgehead atoms. The van der Waals surface area contributed by atoms with Gasteiger partial charge in [-0.05, 0) is 12.5 Å². The average molecular weight is 266 g/mol. The van der Waals surface area contributed by atoms with Crippen molar-refractivity contribution in [3.8, 4) is 6.07 Å². The Morgan fingerprint density at radius 3 is 2.78 bits per heavy atom. The summed E-state index contributed by atoms with van der Waals surface area (Å²) >= 11 is 1.11. The number of carbonyl (C=O) groups is 1. The summed E-state index contributed by atoms with van der Waals surface area (Å²) in [6.45, 7) is 1.46. The van der Waals surface area contributed by atoms with Gasteiger partial charge in [0.1, 0.15) is 17.9 Å². The van der Waals surface area contributed by atoms with Crippen molar-refractivity contribution >= 4 is 16.9 Å². The summed E-state index contributed by atoms with van der Waals surface area (Å²) in [5.74, 6) is 0.456. The summed E-state index contributed by atoms with van der Waals surface area (Å²) in [5, 5.41) is 28.2. The zero-order valence-corrected chi connectivity index (χ0v) is 10.7. The quantitative estimate of drug-likeness (QED) is 0.826. The maximum atomic E-state index is 10.7. The van der Waals surface area contributed by atoms with Gasteiger partial charge in [0.05, 0.1) is 6.10 Å². The Morgan fingerprint density at radius 1 is 1.56 bits per heavy atom. The van der Waals surface area contributed by atoms with Crippen molar-refractivity contribution in [1.29, 1.82) is 5.26 Å². The van der Waals surface area contributed by atoms with E-state index >= 15 is 0 Å². The zero-order chi connectivity index (χ0) is 13.5. The molecule has 2 atom stereocenters. The molecule has 18 heavy (non-hydrogen) atoms. The van der Waals surface area contributed by atoms with Crippen molar-refractivity contribution < 1.29 is 15.0 Å². The third kappa shape index (κ3) is 4.45. The van der Waals surface area contributed by atoms with Gasteiger partial charge in [0, 0.05) is 24.4 Å². The molecular weight excluding hydrogens is 252 g/mol.